The first-order valence-corrected chi connectivity index (χ1v) is 40.1. The first kappa shape index (κ1) is 76.6. The number of hydrogen-bond acceptors (Lipinski definition) is 21. The van der Waals surface area contributed by atoms with E-state index in [9.17, 15) is 19.2 Å². The quantitative estimate of drug-likeness (QED) is 0.0868. The number of para-hydroxylation sites is 1. The van der Waals surface area contributed by atoms with Crippen LogP contribution in [0, 0.1) is 72.1 Å². The number of carbonyl (C=O) groups excluding carboxylic acids is 4. The lowest BCUT2D eigenvalue weighted by Crippen LogP contribution is -2.47. The highest BCUT2D eigenvalue weighted by Gasteiger charge is 2.53. The minimum Gasteiger partial charge on any atom is -0.472 e. The average molecular weight is 1570 g/mol. The number of fused-ring (bicyclic) bond motifs is 8. The minimum atomic E-state index is -0.0985. The molecule has 12 atom stereocenters. The Hall–Kier alpha value is -13.1. The number of aromatic nitrogens is 15. The molecule has 8 bridgehead atoms. The van der Waals surface area contributed by atoms with Crippen molar-refractivity contribution in [1.82, 2.24) is 94.2 Å². The van der Waals surface area contributed by atoms with Crippen LogP contribution in [0.15, 0.2) is 208 Å². The highest BCUT2D eigenvalue weighted by molar-refractivity contribution is 6.02. The number of aryl methyl sites for hydroxylation is 7. The average Bonchev–Trinajstić information content (AvgIpc) is 1.64. The van der Waals surface area contributed by atoms with Gasteiger partial charge in [0.2, 0.25) is 23.5 Å². The van der Waals surface area contributed by atoms with Gasteiger partial charge in [0, 0.05) is 117 Å². The molecular weight excluding hydrogens is 1480 g/mol. The number of nitrogens with zero attached hydrogens (tertiary/aromatic N) is 19. The van der Waals surface area contributed by atoms with Gasteiger partial charge < -0.3 is 38.5 Å². The van der Waals surface area contributed by atoms with Crippen LogP contribution in [0.3, 0.4) is 0 Å². The largest absolute Gasteiger partial charge is 0.472 e. The number of carbonyl (C=O) groups is 4. The van der Waals surface area contributed by atoms with E-state index in [0.29, 0.717) is 86.9 Å². The molecule has 4 saturated heterocycles. The van der Waals surface area contributed by atoms with Crippen LogP contribution in [-0.4, -0.2) is 193 Å². The van der Waals surface area contributed by atoms with Crippen LogP contribution >= 0.6 is 0 Å². The zero-order valence-electron chi connectivity index (χ0n) is 66.3. The summed E-state index contributed by atoms with van der Waals surface area (Å²) in [6, 6.07) is 42.4. The molecule has 4 amide bonds. The van der Waals surface area contributed by atoms with Crippen molar-refractivity contribution in [3.8, 4) is 57.7 Å². The maximum atomic E-state index is 13.6. The summed E-state index contributed by atoms with van der Waals surface area (Å²) in [5.74, 6) is 5.46. The maximum Gasteiger partial charge on any atom is 0.275 e. The molecule has 27 heteroatoms. The van der Waals surface area contributed by atoms with Crippen LogP contribution < -0.4 is 18.9 Å². The zero-order valence-corrected chi connectivity index (χ0v) is 66.3. The van der Waals surface area contributed by atoms with E-state index in [2.05, 4.69) is 65.3 Å². The number of benzene rings is 3. The summed E-state index contributed by atoms with van der Waals surface area (Å²) < 4.78 is 26.4. The lowest BCUT2D eigenvalue weighted by molar-refractivity contribution is 0.0459. The number of rotatable bonds is 16. The molecule has 8 fully saturated rings. The predicted molar refractivity (Wildman–Crippen MR) is 433 cm³/mol. The fourth-order valence-corrected chi connectivity index (χ4v) is 18.0. The highest BCUT2D eigenvalue weighted by Crippen LogP contribution is 2.45. The Labute approximate surface area is 678 Å². The van der Waals surface area contributed by atoms with E-state index in [-0.39, 0.29) is 72.2 Å². The van der Waals surface area contributed by atoms with Crippen molar-refractivity contribution < 1.29 is 38.1 Å². The molecule has 12 aromatic rings. The molecule has 4 aliphatic carbocycles. The van der Waals surface area contributed by atoms with Gasteiger partial charge in [-0.05, 0) is 200 Å². The molecule has 594 valence electrons. The summed E-state index contributed by atoms with van der Waals surface area (Å²) in [6.45, 7) is 16.9. The molecule has 12 unspecified atom stereocenters. The fraction of sp³-hybridized carbons (Fsp3) is 0.344. The van der Waals surface area contributed by atoms with E-state index in [4.69, 9.17) is 18.9 Å². The Balaban J connectivity index is 0.000000112. The topological polar surface area (TPSA) is 296 Å². The number of ether oxygens (including phenoxy) is 4. The molecule has 9 aromatic heterocycles. The molecule has 117 heavy (non-hydrogen) atoms. The molecule has 27 nitrogen and oxygen atoms in total. The fourth-order valence-electron chi connectivity index (χ4n) is 18.0. The van der Waals surface area contributed by atoms with Gasteiger partial charge in [-0.3, -0.25) is 23.7 Å². The standard InChI is InChI=1S/2C24H24N4O2.C21H22N6O2.C21H21N5O2/c1-15-4-6-18(19(10-15)23-25-8-3-9-26-23)24(29)28-14-17-11-20(28)21(12-17)30-22-7-5-16(2)13-27-22;1-15-4-6-18(23-25-8-3-9-26-23)19(10-15)24(29)28-14-17-11-20(28)21(12-17)30-22-7-5-16(2)13-27-22;1-13-3-6-19(22-11-13)29-18-10-15-9-17(18)26(12-15)21(28)20-16(5-4-14(2)25-20)27-23-7-8-24-27;1-14-6-7-20(22-10-14)28-19-9-15-8-18(19)26(11-15)21(27)16-4-2-3-5-17(16)25-12-23-24-13-25/h2*3-10,13,17,20-21H,11-12,14H2,1-2H3;3-8,11,15,17-18H,9-10,12H2,1-2H3;2-7,10,12-13,15,18-19H,8-9,11H2,1H3. The van der Waals surface area contributed by atoms with Crippen molar-refractivity contribution in [2.75, 3.05) is 26.2 Å². The number of piperidine rings is 4. The van der Waals surface area contributed by atoms with Crippen LogP contribution in [0.1, 0.15) is 132 Å². The van der Waals surface area contributed by atoms with Crippen LogP contribution in [0.4, 0.5) is 0 Å². The van der Waals surface area contributed by atoms with Crippen molar-refractivity contribution in [1.29, 1.82) is 0 Å². The number of pyridine rings is 5. The van der Waals surface area contributed by atoms with Gasteiger partial charge in [0.15, 0.2) is 17.3 Å². The smallest absolute Gasteiger partial charge is 0.275 e. The van der Waals surface area contributed by atoms with Crippen molar-refractivity contribution in [2.24, 2.45) is 23.7 Å². The van der Waals surface area contributed by atoms with Crippen LogP contribution in [0.2, 0.25) is 0 Å². The molecular formula is C90H91N19O8. The summed E-state index contributed by atoms with van der Waals surface area (Å²) in [5, 5.41) is 16.1. The van der Waals surface area contributed by atoms with Crippen molar-refractivity contribution in [3.63, 3.8) is 0 Å². The minimum absolute atomic E-state index is 0.0139. The predicted octanol–water partition coefficient (Wildman–Crippen LogP) is 12.7. The molecule has 0 radical (unpaired) electrons. The normalized spacial score (nSPS) is 22.7. The maximum absolute atomic E-state index is 13.6. The molecule has 3 aromatic carbocycles. The van der Waals surface area contributed by atoms with E-state index in [1.165, 1.54) is 4.80 Å². The lowest BCUT2D eigenvalue weighted by Gasteiger charge is -2.33. The lowest BCUT2D eigenvalue weighted by atomic mass is 10.0. The van der Waals surface area contributed by atoms with Gasteiger partial charge in [0.25, 0.3) is 23.6 Å². The number of likely N-dealkylation sites (tertiary alicyclic amines) is 4. The number of amides is 4. The van der Waals surface area contributed by atoms with Gasteiger partial charge in [-0.15, -0.1) is 15.0 Å². The first-order chi connectivity index (χ1) is 56.9. The molecule has 20 rings (SSSR count). The zero-order chi connectivity index (χ0) is 80.4. The monoisotopic (exact) mass is 1570 g/mol. The second kappa shape index (κ2) is 33.4. The van der Waals surface area contributed by atoms with E-state index in [1.54, 1.807) is 78.9 Å². The second-order valence-electron chi connectivity index (χ2n) is 32.0. The Morgan fingerprint density at radius 2 is 0.735 bits per heavy atom. The van der Waals surface area contributed by atoms with Crippen LogP contribution in [-0.2, 0) is 0 Å². The summed E-state index contributed by atoms with van der Waals surface area (Å²) >= 11 is 0. The third kappa shape index (κ3) is 16.7. The molecule has 4 aliphatic heterocycles. The Morgan fingerprint density at radius 3 is 1.17 bits per heavy atom. The summed E-state index contributed by atoms with van der Waals surface area (Å²) in [4.78, 5) is 103. The Bertz CT molecular complexity index is 5520. The summed E-state index contributed by atoms with van der Waals surface area (Å²) in [6.07, 6.45) is 28.0. The Morgan fingerprint density at radius 1 is 0.342 bits per heavy atom. The SMILES string of the molecule is Cc1ccc(OC2CC3CC2N(C(=O)c2cc(C)ccc2-c2ncccn2)C3)nc1.Cc1ccc(OC2CC3CC2N(C(=O)c2ccc(C)cc2-c2ncccn2)C3)nc1.Cc1ccc(OC2CC3CC2N(C(=O)c2ccccc2-n2cnnc2)C3)nc1.Cc1ccc(OC2CC3CC2N(C(=O)c2nc(C)ccc2-n2nccn2)C3)nc1. The second-order valence-corrected chi connectivity index (χ2v) is 32.0. The van der Waals surface area contributed by atoms with E-state index < -0.39 is 0 Å². The number of hydrogen-bond donors (Lipinski definition) is 0. The third-order valence-electron chi connectivity index (χ3n) is 23.5. The van der Waals surface area contributed by atoms with Gasteiger partial charge in [0.1, 0.15) is 42.8 Å². The summed E-state index contributed by atoms with van der Waals surface area (Å²) in [5.41, 5.74) is 12.5. The van der Waals surface area contributed by atoms with Gasteiger partial charge in [-0.1, -0.05) is 65.7 Å². The Kier molecular flexibility index (Phi) is 21.9. The van der Waals surface area contributed by atoms with Crippen molar-refractivity contribution in [3.05, 3.63) is 270 Å². The van der Waals surface area contributed by atoms with Crippen LogP contribution in [0.5, 0.6) is 23.5 Å². The van der Waals surface area contributed by atoms with Gasteiger partial charge >= 0.3 is 0 Å². The van der Waals surface area contributed by atoms with Gasteiger partial charge in [0.05, 0.1) is 58.9 Å². The highest BCUT2D eigenvalue weighted by atomic mass is 16.5. The molecule has 13 heterocycles. The van der Waals surface area contributed by atoms with Crippen LogP contribution in [0.25, 0.3) is 34.2 Å². The third-order valence-corrected chi connectivity index (χ3v) is 23.5. The van der Waals surface area contributed by atoms with E-state index in [0.717, 1.165) is 133 Å². The van der Waals surface area contributed by atoms with E-state index in [1.807, 2.05) is 202 Å². The molecule has 0 spiro atoms. The van der Waals surface area contributed by atoms with Gasteiger partial charge in [-0.2, -0.15) is 10.2 Å². The van der Waals surface area contributed by atoms with Crippen molar-refractivity contribution in [2.45, 2.75) is 148 Å². The van der Waals surface area contributed by atoms with Crippen molar-refractivity contribution >= 4 is 23.6 Å². The van der Waals surface area contributed by atoms with Gasteiger partial charge in [-0.25, -0.2) is 44.9 Å². The molecule has 0 N–H and O–H groups in total. The molecule has 4 saturated carbocycles. The summed E-state index contributed by atoms with van der Waals surface area (Å²) in [7, 11) is 0. The molecule has 8 aliphatic rings. The van der Waals surface area contributed by atoms with E-state index >= 15 is 0 Å². The first-order valence-electron chi connectivity index (χ1n) is 40.1.